The highest BCUT2D eigenvalue weighted by Crippen LogP contribution is 2.29. The highest BCUT2D eigenvalue weighted by Gasteiger charge is 2.31. The molecule has 3 rings (SSSR count). The molecule has 0 unspecified atom stereocenters. The average molecular weight is 364 g/mol. The summed E-state index contributed by atoms with van der Waals surface area (Å²) < 4.78 is 34.5. The number of methoxy groups -OCH3 is 1. The normalized spacial score (nSPS) is 17.1. The van der Waals surface area contributed by atoms with Gasteiger partial charge in [-0.3, -0.25) is 0 Å². The van der Waals surface area contributed by atoms with Crippen LogP contribution < -0.4 is 4.74 Å². The molecule has 8 heteroatoms. The minimum absolute atomic E-state index is 0.240. The van der Waals surface area contributed by atoms with Crippen LogP contribution in [0.2, 0.25) is 0 Å². The van der Waals surface area contributed by atoms with Gasteiger partial charge in [0.25, 0.3) is 0 Å². The van der Waals surface area contributed by atoms with Gasteiger partial charge in [0.2, 0.25) is 10.0 Å². The Hall–Kier alpha value is -1.93. The van der Waals surface area contributed by atoms with E-state index in [1.165, 1.54) is 7.11 Å². The summed E-state index contributed by atoms with van der Waals surface area (Å²) in [5, 5.41) is 8.21. The third-order valence-corrected chi connectivity index (χ3v) is 6.51. The van der Waals surface area contributed by atoms with Crippen LogP contribution in [0.1, 0.15) is 44.5 Å². The lowest BCUT2D eigenvalue weighted by Gasteiger charge is -2.32. The first kappa shape index (κ1) is 17.9. The Kier molecular flexibility index (Phi) is 5.10. The van der Waals surface area contributed by atoms with Crippen molar-refractivity contribution >= 4 is 10.0 Å². The molecule has 0 aliphatic carbocycles. The molecule has 136 valence electrons. The van der Waals surface area contributed by atoms with Crippen LogP contribution in [0.15, 0.2) is 35.5 Å². The van der Waals surface area contributed by atoms with Crippen LogP contribution >= 0.6 is 0 Å². The molecule has 25 heavy (non-hydrogen) atoms. The zero-order valence-electron chi connectivity index (χ0n) is 14.8. The maximum atomic E-state index is 12.9. The molecule has 1 fully saturated rings. The fraction of sp³-hybridized carbons (Fsp3) is 0.529. The number of piperidine rings is 1. The minimum atomic E-state index is -3.50. The molecular weight excluding hydrogens is 340 g/mol. The van der Waals surface area contributed by atoms with E-state index >= 15 is 0 Å². The van der Waals surface area contributed by atoms with Crippen LogP contribution in [0.3, 0.4) is 0 Å². The number of nitrogens with zero attached hydrogens (tertiary/aromatic N) is 4. The zero-order chi connectivity index (χ0) is 18.0. The maximum absolute atomic E-state index is 12.9. The summed E-state index contributed by atoms with van der Waals surface area (Å²) in [7, 11) is -1.97. The molecule has 2 heterocycles. The first-order valence-corrected chi connectivity index (χ1v) is 9.91. The molecule has 0 spiro atoms. The molecule has 2 aromatic rings. The highest BCUT2D eigenvalue weighted by atomic mass is 32.2. The van der Waals surface area contributed by atoms with Gasteiger partial charge in [0.15, 0.2) is 0 Å². The minimum Gasteiger partial charge on any atom is -0.497 e. The summed E-state index contributed by atoms with van der Waals surface area (Å²) in [5.41, 5.74) is 0. The molecule has 0 amide bonds. The molecule has 0 atom stereocenters. The Labute approximate surface area is 148 Å². The van der Waals surface area contributed by atoms with Gasteiger partial charge in [0.05, 0.1) is 12.0 Å². The van der Waals surface area contributed by atoms with Crippen molar-refractivity contribution in [1.82, 2.24) is 19.1 Å². The van der Waals surface area contributed by atoms with Crippen LogP contribution in [0, 0.1) is 0 Å². The van der Waals surface area contributed by atoms with E-state index in [0.29, 0.717) is 24.8 Å². The van der Waals surface area contributed by atoms with Crippen molar-refractivity contribution in [3.8, 4) is 5.75 Å². The van der Waals surface area contributed by atoms with E-state index in [1.807, 2.05) is 0 Å². The van der Waals surface area contributed by atoms with Gasteiger partial charge in [-0.2, -0.15) is 4.31 Å². The number of benzene rings is 1. The topological polar surface area (TPSA) is 77.3 Å². The van der Waals surface area contributed by atoms with Gasteiger partial charge in [-0.05, 0) is 25.0 Å². The van der Waals surface area contributed by atoms with Gasteiger partial charge >= 0.3 is 0 Å². The van der Waals surface area contributed by atoms with E-state index in [-0.39, 0.29) is 10.9 Å². The fourth-order valence-electron chi connectivity index (χ4n) is 3.22. The van der Waals surface area contributed by atoms with Gasteiger partial charge in [-0.25, -0.2) is 8.42 Å². The van der Waals surface area contributed by atoms with Crippen LogP contribution in [-0.2, 0) is 10.0 Å². The van der Waals surface area contributed by atoms with E-state index in [2.05, 4.69) is 28.6 Å². The van der Waals surface area contributed by atoms with Crippen LogP contribution in [-0.4, -0.2) is 47.7 Å². The van der Waals surface area contributed by atoms with E-state index in [1.54, 1.807) is 34.9 Å². The molecule has 7 nitrogen and oxygen atoms in total. The van der Waals surface area contributed by atoms with Crippen molar-refractivity contribution in [2.75, 3.05) is 20.2 Å². The lowest BCUT2D eigenvalue weighted by atomic mass is 10.1. The summed E-state index contributed by atoms with van der Waals surface area (Å²) in [6, 6.07) is 6.86. The standard InChI is InChI=1S/C17H24N4O3S/c1-13(2)17-19-18-12-21(17)14-7-9-20(10-8-14)25(22,23)16-6-4-5-15(11-16)24-3/h4-6,11-14H,7-10H2,1-3H3. The molecule has 1 aliphatic heterocycles. The predicted molar refractivity (Wildman–Crippen MR) is 94.1 cm³/mol. The summed E-state index contributed by atoms with van der Waals surface area (Å²) in [4.78, 5) is 0.275. The number of hydrogen-bond acceptors (Lipinski definition) is 5. The van der Waals surface area contributed by atoms with E-state index in [4.69, 9.17) is 4.74 Å². The number of hydrogen-bond donors (Lipinski definition) is 0. The molecule has 1 aromatic carbocycles. The largest absolute Gasteiger partial charge is 0.497 e. The third kappa shape index (κ3) is 3.55. The predicted octanol–water partition coefficient (Wildman–Crippen LogP) is 2.44. The van der Waals surface area contributed by atoms with Crippen molar-refractivity contribution < 1.29 is 13.2 Å². The lowest BCUT2D eigenvalue weighted by molar-refractivity contribution is 0.268. The Bertz CT molecular complexity index is 824. The average Bonchev–Trinajstić information content (AvgIpc) is 3.12. The van der Waals surface area contributed by atoms with Crippen LogP contribution in [0.4, 0.5) is 0 Å². The third-order valence-electron chi connectivity index (χ3n) is 4.61. The fourth-order valence-corrected chi connectivity index (χ4v) is 4.72. The van der Waals surface area contributed by atoms with E-state index in [9.17, 15) is 8.42 Å². The Morgan fingerprint density at radius 3 is 2.60 bits per heavy atom. The van der Waals surface area contributed by atoms with Gasteiger partial charge in [-0.1, -0.05) is 19.9 Å². The Morgan fingerprint density at radius 1 is 1.24 bits per heavy atom. The van der Waals surface area contributed by atoms with E-state index in [0.717, 1.165) is 18.7 Å². The van der Waals surface area contributed by atoms with Gasteiger partial charge in [0.1, 0.15) is 17.9 Å². The Balaban J connectivity index is 1.74. The second-order valence-corrected chi connectivity index (χ2v) is 8.50. The molecule has 1 saturated heterocycles. The molecule has 0 bridgehead atoms. The van der Waals surface area contributed by atoms with Gasteiger partial charge in [-0.15, -0.1) is 10.2 Å². The van der Waals surface area contributed by atoms with Gasteiger partial charge in [0, 0.05) is 31.1 Å². The molecule has 1 aliphatic rings. The first-order valence-electron chi connectivity index (χ1n) is 8.47. The number of ether oxygens (including phenoxy) is 1. The van der Waals surface area contributed by atoms with Crippen molar-refractivity contribution in [3.63, 3.8) is 0 Å². The number of sulfonamides is 1. The summed E-state index contributed by atoms with van der Waals surface area (Å²) in [6.45, 7) is 5.14. The second-order valence-electron chi connectivity index (χ2n) is 6.57. The second kappa shape index (κ2) is 7.13. The van der Waals surface area contributed by atoms with Crippen molar-refractivity contribution in [2.45, 2.75) is 43.5 Å². The van der Waals surface area contributed by atoms with E-state index < -0.39 is 10.0 Å². The van der Waals surface area contributed by atoms with Crippen LogP contribution in [0.5, 0.6) is 5.75 Å². The maximum Gasteiger partial charge on any atom is 0.243 e. The number of rotatable bonds is 5. The highest BCUT2D eigenvalue weighted by molar-refractivity contribution is 7.89. The summed E-state index contributed by atoms with van der Waals surface area (Å²) >= 11 is 0. The lowest BCUT2D eigenvalue weighted by Crippen LogP contribution is -2.39. The molecule has 1 aromatic heterocycles. The Morgan fingerprint density at radius 2 is 1.96 bits per heavy atom. The smallest absolute Gasteiger partial charge is 0.243 e. The molecule has 0 radical (unpaired) electrons. The quantitative estimate of drug-likeness (QED) is 0.814. The van der Waals surface area contributed by atoms with Crippen molar-refractivity contribution in [1.29, 1.82) is 0 Å². The molecular formula is C17H24N4O3S. The molecule has 0 N–H and O–H groups in total. The summed E-state index contributed by atoms with van der Waals surface area (Å²) in [6.07, 6.45) is 3.26. The summed E-state index contributed by atoms with van der Waals surface area (Å²) in [5.74, 6) is 1.79. The monoisotopic (exact) mass is 364 g/mol. The van der Waals surface area contributed by atoms with Crippen molar-refractivity contribution in [2.24, 2.45) is 0 Å². The van der Waals surface area contributed by atoms with Crippen molar-refractivity contribution in [3.05, 3.63) is 36.4 Å². The van der Waals surface area contributed by atoms with Gasteiger partial charge < -0.3 is 9.30 Å². The number of aromatic nitrogens is 3. The van der Waals surface area contributed by atoms with Crippen LogP contribution in [0.25, 0.3) is 0 Å². The SMILES string of the molecule is COc1cccc(S(=O)(=O)N2CCC(n3cnnc3C(C)C)CC2)c1. The first-order chi connectivity index (χ1) is 11.9. The molecule has 0 saturated carbocycles. The zero-order valence-corrected chi connectivity index (χ0v) is 15.6.